The fraction of sp³-hybridized carbons (Fsp3) is 0.400. The zero-order valence-electron chi connectivity index (χ0n) is 14.6. The third kappa shape index (κ3) is 5.11. The van der Waals surface area contributed by atoms with Gasteiger partial charge in [-0.05, 0) is 31.2 Å². The Morgan fingerprint density at radius 1 is 1.04 bits per heavy atom. The first-order chi connectivity index (χ1) is 12.1. The monoisotopic (exact) mass is 360 g/mol. The van der Waals surface area contributed by atoms with Crippen LogP contribution in [0.5, 0.6) is 5.75 Å². The van der Waals surface area contributed by atoms with E-state index in [1.54, 1.807) is 6.07 Å². The summed E-state index contributed by atoms with van der Waals surface area (Å²) in [5.74, 6) is 0.618. The highest BCUT2D eigenvalue weighted by molar-refractivity contribution is 6.32. The number of aliphatic hydroxyl groups excluding tert-OH is 1. The van der Waals surface area contributed by atoms with Crippen LogP contribution < -0.4 is 9.64 Å². The lowest BCUT2D eigenvalue weighted by atomic mass is 10.2. The van der Waals surface area contributed by atoms with Crippen molar-refractivity contribution in [3.05, 3.63) is 59.1 Å². The number of rotatable bonds is 6. The Balaban J connectivity index is 1.42. The third-order valence-electron chi connectivity index (χ3n) is 4.51. The average molecular weight is 361 g/mol. The van der Waals surface area contributed by atoms with Gasteiger partial charge in [0.2, 0.25) is 0 Å². The summed E-state index contributed by atoms with van der Waals surface area (Å²) < 4.78 is 5.62. The molecular formula is C20H25ClN2O2. The van der Waals surface area contributed by atoms with Crippen LogP contribution in [0.2, 0.25) is 5.02 Å². The van der Waals surface area contributed by atoms with Crippen LogP contribution in [0, 0.1) is 6.92 Å². The Morgan fingerprint density at radius 2 is 1.72 bits per heavy atom. The van der Waals surface area contributed by atoms with Gasteiger partial charge in [-0.15, -0.1) is 0 Å². The number of piperazine rings is 1. The first-order valence-corrected chi connectivity index (χ1v) is 9.09. The summed E-state index contributed by atoms with van der Waals surface area (Å²) >= 11 is 6.06. The van der Waals surface area contributed by atoms with Gasteiger partial charge in [-0.3, -0.25) is 4.90 Å². The van der Waals surface area contributed by atoms with Crippen LogP contribution in [0.1, 0.15) is 5.56 Å². The standard InChI is InChI=1S/C20H25ClN2O2/c1-16-6-8-17(9-7-16)23-12-10-22(11-13-23)14-18(24)15-25-20-5-3-2-4-19(20)21/h2-9,18,24H,10-15H2,1H3/t18-/m1/s1. The van der Waals surface area contributed by atoms with Crippen LogP contribution in [0.15, 0.2) is 48.5 Å². The van der Waals surface area contributed by atoms with Crippen LogP contribution in [-0.4, -0.2) is 55.4 Å². The van der Waals surface area contributed by atoms with E-state index in [-0.39, 0.29) is 6.61 Å². The molecule has 0 amide bonds. The molecule has 1 saturated heterocycles. The van der Waals surface area contributed by atoms with Crippen molar-refractivity contribution >= 4 is 17.3 Å². The number of benzene rings is 2. The number of anilines is 1. The summed E-state index contributed by atoms with van der Waals surface area (Å²) in [5.41, 5.74) is 2.55. The quantitative estimate of drug-likeness (QED) is 0.858. The summed E-state index contributed by atoms with van der Waals surface area (Å²) in [6, 6.07) is 16.0. The first kappa shape index (κ1) is 18.1. The van der Waals surface area contributed by atoms with E-state index < -0.39 is 6.10 Å². The molecule has 4 nitrogen and oxygen atoms in total. The Labute approximate surface area is 154 Å². The van der Waals surface area contributed by atoms with E-state index in [1.807, 2.05) is 18.2 Å². The molecule has 0 spiro atoms. The van der Waals surface area contributed by atoms with Gasteiger partial charge >= 0.3 is 0 Å². The van der Waals surface area contributed by atoms with Crippen LogP contribution in [0.4, 0.5) is 5.69 Å². The second kappa shape index (κ2) is 8.56. The van der Waals surface area contributed by atoms with Gasteiger partial charge in [0.25, 0.3) is 0 Å². The normalized spacial score (nSPS) is 16.7. The fourth-order valence-electron chi connectivity index (χ4n) is 3.04. The van der Waals surface area contributed by atoms with E-state index in [9.17, 15) is 5.11 Å². The molecule has 1 heterocycles. The molecule has 1 fully saturated rings. The van der Waals surface area contributed by atoms with Crippen LogP contribution >= 0.6 is 11.6 Å². The molecule has 0 radical (unpaired) electrons. The number of halogens is 1. The minimum Gasteiger partial charge on any atom is -0.489 e. The lowest BCUT2D eigenvalue weighted by Gasteiger charge is -2.36. The minimum atomic E-state index is -0.526. The lowest BCUT2D eigenvalue weighted by Crippen LogP contribution is -2.49. The molecule has 1 aliphatic rings. The minimum absolute atomic E-state index is 0.252. The smallest absolute Gasteiger partial charge is 0.138 e. The van der Waals surface area contributed by atoms with Gasteiger partial charge in [0.1, 0.15) is 18.5 Å². The largest absolute Gasteiger partial charge is 0.489 e. The van der Waals surface area contributed by atoms with Crippen molar-refractivity contribution < 1.29 is 9.84 Å². The number of hydrogen-bond donors (Lipinski definition) is 1. The average Bonchev–Trinajstić information content (AvgIpc) is 2.62. The molecule has 5 heteroatoms. The van der Waals surface area contributed by atoms with Crippen molar-refractivity contribution in [2.45, 2.75) is 13.0 Å². The molecule has 1 atom stereocenters. The maximum absolute atomic E-state index is 10.2. The highest BCUT2D eigenvalue weighted by Crippen LogP contribution is 2.23. The number of para-hydroxylation sites is 1. The number of aliphatic hydroxyl groups is 1. The van der Waals surface area contributed by atoms with Gasteiger partial charge in [-0.25, -0.2) is 0 Å². The van der Waals surface area contributed by atoms with Crippen molar-refractivity contribution in [1.82, 2.24) is 4.90 Å². The van der Waals surface area contributed by atoms with Gasteiger partial charge in [-0.2, -0.15) is 0 Å². The number of β-amino-alcohol motifs (C(OH)–C–C–N with tert-alkyl or cyclic N) is 1. The Bertz CT molecular complexity index is 670. The molecule has 2 aromatic rings. The van der Waals surface area contributed by atoms with Crippen molar-refractivity contribution in [1.29, 1.82) is 0 Å². The molecule has 0 saturated carbocycles. The molecule has 2 aromatic carbocycles. The van der Waals surface area contributed by atoms with Gasteiger partial charge in [0.15, 0.2) is 0 Å². The molecule has 0 unspecified atom stereocenters. The highest BCUT2D eigenvalue weighted by atomic mass is 35.5. The van der Waals surface area contributed by atoms with E-state index in [2.05, 4.69) is 41.0 Å². The summed E-state index contributed by atoms with van der Waals surface area (Å²) in [6.45, 7) is 6.80. The molecule has 0 bridgehead atoms. The number of hydrogen-bond acceptors (Lipinski definition) is 4. The molecule has 0 aliphatic carbocycles. The molecule has 1 aliphatic heterocycles. The second-order valence-corrected chi connectivity index (χ2v) is 6.93. The Hall–Kier alpha value is -1.75. The summed E-state index contributed by atoms with van der Waals surface area (Å²) in [6.07, 6.45) is -0.526. The van der Waals surface area contributed by atoms with Crippen LogP contribution in [-0.2, 0) is 0 Å². The van der Waals surface area contributed by atoms with Crippen LogP contribution in [0.25, 0.3) is 0 Å². The maximum Gasteiger partial charge on any atom is 0.138 e. The van der Waals surface area contributed by atoms with Gasteiger partial charge in [0.05, 0.1) is 5.02 Å². The van der Waals surface area contributed by atoms with Crippen molar-refractivity contribution in [2.24, 2.45) is 0 Å². The number of aryl methyl sites for hydroxylation is 1. The molecule has 0 aromatic heterocycles. The van der Waals surface area contributed by atoms with Crippen LogP contribution in [0.3, 0.4) is 0 Å². The maximum atomic E-state index is 10.2. The predicted molar refractivity (Wildman–Crippen MR) is 103 cm³/mol. The Morgan fingerprint density at radius 3 is 2.40 bits per heavy atom. The van der Waals surface area contributed by atoms with Crippen molar-refractivity contribution in [2.75, 3.05) is 44.2 Å². The summed E-state index contributed by atoms with van der Waals surface area (Å²) in [5, 5.41) is 10.8. The van der Waals surface area contributed by atoms with E-state index >= 15 is 0 Å². The second-order valence-electron chi connectivity index (χ2n) is 6.52. The fourth-order valence-corrected chi connectivity index (χ4v) is 3.23. The SMILES string of the molecule is Cc1ccc(N2CCN(C[C@@H](O)COc3ccccc3Cl)CC2)cc1. The van der Waals surface area contributed by atoms with E-state index in [1.165, 1.54) is 11.3 Å². The molecule has 1 N–H and O–H groups in total. The summed E-state index contributed by atoms with van der Waals surface area (Å²) in [4.78, 5) is 4.67. The van der Waals surface area contributed by atoms with E-state index in [0.717, 1.165) is 26.2 Å². The molecule has 134 valence electrons. The topological polar surface area (TPSA) is 35.9 Å². The predicted octanol–water partition coefficient (Wildman–Crippen LogP) is 3.21. The van der Waals surface area contributed by atoms with Gasteiger partial charge in [-0.1, -0.05) is 41.4 Å². The zero-order chi connectivity index (χ0) is 17.6. The van der Waals surface area contributed by atoms with E-state index in [4.69, 9.17) is 16.3 Å². The Kier molecular flexibility index (Phi) is 6.19. The molecule has 3 rings (SSSR count). The molecule has 25 heavy (non-hydrogen) atoms. The number of nitrogens with zero attached hydrogens (tertiary/aromatic N) is 2. The van der Waals surface area contributed by atoms with Gasteiger partial charge < -0.3 is 14.7 Å². The number of ether oxygens (including phenoxy) is 1. The van der Waals surface area contributed by atoms with Crippen molar-refractivity contribution in [3.8, 4) is 5.75 Å². The summed E-state index contributed by atoms with van der Waals surface area (Å²) in [7, 11) is 0. The third-order valence-corrected chi connectivity index (χ3v) is 4.82. The zero-order valence-corrected chi connectivity index (χ0v) is 15.3. The first-order valence-electron chi connectivity index (χ1n) is 8.71. The lowest BCUT2D eigenvalue weighted by molar-refractivity contribution is 0.0663. The van der Waals surface area contributed by atoms with Gasteiger partial charge in [0, 0.05) is 38.4 Å². The van der Waals surface area contributed by atoms with E-state index in [0.29, 0.717) is 17.3 Å². The highest BCUT2D eigenvalue weighted by Gasteiger charge is 2.19. The molecular weight excluding hydrogens is 336 g/mol. The van der Waals surface area contributed by atoms with Crippen molar-refractivity contribution in [3.63, 3.8) is 0 Å².